The summed E-state index contributed by atoms with van der Waals surface area (Å²) < 4.78 is 5.48. The molecule has 3 aliphatic heterocycles. The van der Waals surface area contributed by atoms with E-state index < -0.39 is 4.87 Å². The van der Waals surface area contributed by atoms with Crippen LogP contribution >= 0.6 is 11.8 Å². The van der Waals surface area contributed by atoms with Gasteiger partial charge in [-0.1, -0.05) is 37.3 Å². The van der Waals surface area contributed by atoms with Crippen LogP contribution in [-0.4, -0.2) is 55.4 Å². The SMILES string of the molecule is CCc1ccc(N2C(=O)CCSC23C(=O)N(CN2CCOCC2)c2ccccc23)cc1. The first-order valence-corrected chi connectivity index (χ1v) is 11.9. The van der Waals surface area contributed by atoms with Crippen LogP contribution in [0.3, 0.4) is 0 Å². The Morgan fingerprint density at radius 2 is 1.77 bits per heavy atom. The minimum Gasteiger partial charge on any atom is -0.379 e. The summed E-state index contributed by atoms with van der Waals surface area (Å²) >= 11 is 1.58. The van der Waals surface area contributed by atoms with Crippen LogP contribution in [-0.2, 0) is 25.6 Å². The van der Waals surface area contributed by atoms with E-state index in [-0.39, 0.29) is 11.8 Å². The molecule has 3 aliphatic rings. The molecule has 31 heavy (non-hydrogen) atoms. The molecule has 2 fully saturated rings. The van der Waals surface area contributed by atoms with Crippen molar-refractivity contribution < 1.29 is 14.3 Å². The smallest absolute Gasteiger partial charge is 0.269 e. The number of benzene rings is 2. The van der Waals surface area contributed by atoms with E-state index in [1.807, 2.05) is 53.4 Å². The lowest BCUT2D eigenvalue weighted by Crippen LogP contribution is -2.57. The first-order valence-electron chi connectivity index (χ1n) is 10.9. The summed E-state index contributed by atoms with van der Waals surface area (Å²) in [5.41, 5.74) is 3.80. The molecule has 162 valence electrons. The molecular formula is C24H27N3O3S. The largest absolute Gasteiger partial charge is 0.379 e. The summed E-state index contributed by atoms with van der Waals surface area (Å²) in [5.74, 6) is 0.602. The van der Waals surface area contributed by atoms with Gasteiger partial charge in [0.1, 0.15) is 0 Å². The van der Waals surface area contributed by atoms with Crippen molar-refractivity contribution in [3.63, 3.8) is 0 Å². The van der Waals surface area contributed by atoms with Crippen LogP contribution in [0.5, 0.6) is 0 Å². The zero-order valence-corrected chi connectivity index (χ0v) is 18.6. The van der Waals surface area contributed by atoms with E-state index in [1.165, 1.54) is 5.56 Å². The Morgan fingerprint density at radius 1 is 1.03 bits per heavy atom. The topological polar surface area (TPSA) is 53.1 Å². The molecule has 0 aliphatic carbocycles. The average Bonchev–Trinajstić information content (AvgIpc) is 3.03. The second-order valence-corrected chi connectivity index (χ2v) is 9.40. The van der Waals surface area contributed by atoms with Crippen LogP contribution in [0.4, 0.5) is 11.4 Å². The number of nitrogens with zero attached hydrogens (tertiary/aromatic N) is 3. The number of carbonyl (C=O) groups excluding carboxylic acids is 2. The number of hydrogen-bond donors (Lipinski definition) is 0. The lowest BCUT2D eigenvalue weighted by molar-refractivity contribution is -0.126. The predicted octanol–water partition coefficient (Wildman–Crippen LogP) is 3.21. The summed E-state index contributed by atoms with van der Waals surface area (Å²) in [5, 5.41) is 0. The predicted molar refractivity (Wildman–Crippen MR) is 123 cm³/mol. The molecule has 1 spiro atoms. The number of morpholine rings is 1. The van der Waals surface area contributed by atoms with E-state index in [1.54, 1.807) is 16.7 Å². The lowest BCUT2D eigenvalue weighted by atomic mass is 10.0. The zero-order chi connectivity index (χ0) is 21.4. The summed E-state index contributed by atoms with van der Waals surface area (Å²) in [4.78, 5) is 32.2. The number of aryl methyl sites for hydroxylation is 1. The van der Waals surface area contributed by atoms with E-state index >= 15 is 0 Å². The van der Waals surface area contributed by atoms with Gasteiger partial charge in [0.05, 0.1) is 25.6 Å². The van der Waals surface area contributed by atoms with Crippen molar-refractivity contribution in [2.75, 3.05) is 48.5 Å². The van der Waals surface area contributed by atoms with E-state index in [4.69, 9.17) is 4.74 Å². The minimum atomic E-state index is -1.05. The molecule has 3 heterocycles. The van der Waals surface area contributed by atoms with Crippen LogP contribution in [0, 0.1) is 0 Å². The zero-order valence-electron chi connectivity index (χ0n) is 17.8. The Labute approximate surface area is 187 Å². The molecule has 2 saturated heterocycles. The molecule has 0 aromatic heterocycles. The molecule has 6 nitrogen and oxygen atoms in total. The Kier molecular flexibility index (Phi) is 5.50. The summed E-state index contributed by atoms with van der Waals surface area (Å²) in [6, 6.07) is 16.0. The molecule has 1 unspecified atom stereocenters. The third kappa shape index (κ3) is 3.35. The van der Waals surface area contributed by atoms with Gasteiger partial charge in [-0.15, -0.1) is 11.8 Å². The summed E-state index contributed by atoms with van der Waals surface area (Å²) in [6.07, 6.45) is 1.37. The standard InChI is InChI=1S/C24H27N3O3S/c1-2-18-7-9-19(10-8-18)27-22(28)11-16-31-24(27)20-5-3-4-6-21(20)26(23(24)29)17-25-12-14-30-15-13-25/h3-10H,2,11-17H2,1H3. The summed E-state index contributed by atoms with van der Waals surface area (Å²) in [7, 11) is 0. The van der Waals surface area contributed by atoms with Crippen molar-refractivity contribution in [2.45, 2.75) is 24.6 Å². The molecule has 0 bridgehead atoms. The molecule has 0 saturated carbocycles. The highest BCUT2D eigenvalue weighted by atomic mass is 32.2. The molecule has 7 heteroatoms. The first kappa shape index (κ1) is 20.5. The first-order chi connectivity index (χ1) is 15.1. The maximum Gasteiger partial charge on any atom is 0.269 e. The van der Waals surface area contributed by atoms with Gasteiger partial charge in [0.15, 0.2) is 0 Å². The third-order valence-electron chi connectivity index (χ3n) is 6.33. The fraction of sp³-hybridized carbons (Fsp3) is 0.417. The fourth-order valence-electron chi connectivity index (χ4n) is 4.69. The number of fused-ring (bicyclic) bond motifs is 2. The number of carbonyl (C=O) groups is 2. The van der Waals surface area contributed by atoms with Crippen molar-refractivity contribution in [1.29, 1.82) is 0 Å². The van der Waals surface area contributed by atoms with Gasteiger partial charge in [-0.25, -0.2) is 0 Å². The quantitative estimate of drug-likeness (QED) is 0.735. The van der Waals surface area contributed by atoms with E-state index in [2.05, 4.69) is 11.8 Å². The molecule has 0 N–H and O–H groups in total. The van der Waals surface area contributed by atoms with Gasteiger partial charge in [0.2, 0.25) is 10.8 Å². The van der Waals surface area contributed by atoms with Crippen molar-refractivity contribution in [3.8, 4) is 0 Å². The van der Waals surface area contributed by atoms with Crippen molar-refractivity contribution in [1.82, 2.24) is 4.90 Å². The number of ether oxygens (including phenoxy) is 1. The fourth-order valence-corrected chi connectivity index (χ4v) is 6.16. The normalized spacial score (nSPS) is 24.2. The maximum absolute atomic E-state index is 14.1. The van der Waals surface area contributed by atoms with Gasteiger partial charge < -0.3 is 4.74 Å². The van der Waals surface area contributed by atoms with Crippen LogP contribution in [0.2, 0.25) is 0 Å². The van der Waals surface area contributed by atoms with Gasteiger partial charge in [-0.05, 0) is 30.2 Å². The molecule has 2 amide bonds. The molecule has 1 atom stereocenters. The Balaban J connectivity index is 1.59. The molecule has 0 radical (unpaired) electrons. The molecule has 2 aromatic rings. The van der Waals surface area contributed by atoms with E-state index in [9.17, 15) is 9.59 Å². The van der Waals surface area contributed by atoms with Gasteiger partial charge in [-0.3, -0.25) is 24.3 Å². The number of para-hydroxylation sites is 1. The molecule has 5 rings (SSSR count). The highest BCUT2D eigenvalue weighted by molar-refractivity contribution is 8.01. The third-order valence-corrected chi connectivity index (χ3v) is 7.74. The molecular weight excluding hydrogens is 410 g/mol. The van der Waals surface area contributed by atoms with Crippen molar-refractivity contribution in [3.05, 3.63) is 59.7 Å². The summed E-state index contributed by atoms with van der Waals surface area (Å²) in [6.45, 7) is 5.58. The highest BCUT2D eigenvalue weighted by Crippen LogP contribution is 2.54. The number of hydrogen-bond acceptors (Lipinski definition) is 5. The second-order valence-electron chi connectivity index (χ2n) is 8.11. The van der Waals surface area contributed by atoms with Crippen LogP contribution in [0.1, 0.15) is 24.5 Å². The van der Waals surface area contributed by atoms with E-state index in [0.29, 0.717) is 32.1 Å². The Hall–Kier alpha value is -2.35. The van der Waals surface area contributed by atoms with Gasteiger partial charge >= 0.3 is 0 Å². The van der Waals surface area contributed by atoms with Crippen molar-refractivity contribution in [2.24, 2.45) is 0 Å². The number of rotatable bonds is 4. The second kappa shape index (κ2) is 8.30. The van der Waals surface area contributed by atoms with Gasteiger partial charge in [-0.2, -0.15) is 0 Å². The number of thioether (sulfide) groups is 1. The van der Waals surface area contributed by atoms with Crippen molar-refractivity contribution >= 4 is 35.0 Å². The monoisotopic (exact) mass is 437 g/mol. The lowest BCUT2D eigenvalue weighted by Gasteiger charge is -2.43. The maximum atomic E-state index is 14.1. The van der Waals surface area contributed by atoms with Crippen LogP contribution in [0.15, 0.2) is 48.5 Å². The van der Waals surface area contributed by atoms with Crippen LogP contribution in [0.25, 0.3) is 0 Å². The number of anilines is 2. The minimum absolute atomic E-state index is 0.000580. The van der Waals surface area contributed by atoms with Gasteiger partial charge in [0.25, 0.3) is 5.91 Å². The van der Waals surface area contributed by atoms with E-state index in [0.717, 1.165) is 36.4 Å². The average molecular weight is 438 g/mol. The van der Waals surface area contributed by atoms with Crippen LogP contribution < -0.4 is 9.80 Å². The highest BCUT2D eigenvalue weighted by Gasteiger charge is 2.59. The Morgan fingerprint density at radius 3 is 2.52 bits per heavy atom. The molecule has 2 aromatic carbocycles. The number of amides is 2. The Bertz CT molecular complexity index is 990. The van der Waals surface area contributed by atoms with Gasteiger partial charge in [0, 0.05) is 36.5 Å².